The molecule has 2 aliphatic heterocycles. The van der Waals surface area contributed by atoms with E-state index in [0.717, 1.165) is 24.6 Å². The first kappa shape index (κ1) is 11.7. The molecule has 0 bridgehead atoms. The molecule has 2 rings (SSSR count). The third-order valence-electron chi connectivity index (χ3n) is 4.00. The van der Waals surface area contributed by atoms with Gasteiger partial charge in [-0.2, -0.15) is 11.8 Å². The van der Waals surface area contributed by atoms with Crippen molar-refractivity contribution in [1.29, 1.82) is 0 Å². The van der Waals surface area contributed by atoms with Gasteiger partial charge in [-0.3, -0.25) is 0 Å². The Hall–Kier alpha value is 0.270. The van der Waals surface area contributed by atoms with Crippen LogP contribution in [0.3, 0.4) is 0 Å². The largest absolute Gasteiger partial charge is 0.387 e. The Kier molecular flexibility index (Phi) is 3.63. The monoisotopic (exact) mass is 229 g/mol. The van der Waals surface area contributed by atoms with Crippen LogP contribution in [0.5, 0.6) is 0 Å². The minimum Gasteiger partial charge on any atom is -0.387 e. The summed E-state index contributed by atoms with van der Waals surface area (Å²) >= 11 is 1.92. The number of hydrogen-bond acceptors (Lipinski definition) is 3. The maximum Gasteiger partial charge on any atom is 0.0900 e. The molecule has 0 amide bonds. The highest BCUT2D eigenvalue weighted by atomic mass is 32.2. The Morgan fingerprint density at radius 1 is 1.53 bits per heavy atom. The van der Waals surface area contributed by atoms with Gasteiger partial charge in [-0.1, -0.05) is 20.3 Å². The van der Waals surface area contributed by atoms with Gasteiger partial charge >= 0.3 is 0 Å². The van der Waals surface area contributed by atoms with Crippen LogP contribution in [0.25, 0.3) is 0 Å². The standard InChI is InChI=1S/C12H23NOS/c1-3-10-4-5-13-11(6-10)12(14)7-9(2)15-8-12/h9-11,13-14H,3-8H2,1-2H3. The topological polar surface area (TPSA) is 32.3 Å². The molecular weight excluding hydrogens is 206 g/mol. The molecule has 2 N–H and O–H groups in total. The molecule has 4 unspecified atom stereocenters. The summed E-state index contributed by atoms with van der Waals surface area (Å²) in [6.07, 6.45) is 4.68. The van der Waals surface area contributed by atoms with Crippen LogP contribution >= 0.6 is 11.8 Å². The molecule has 88 valence electrons. The number of rotatable bonds is 2. The average Bonchev–Trinajstić information content (AvgIpc) is 2.60. The molecule has 3 heteroatoms. The summed E-state index contributed by atoms with van der Waals surface area (Å²) in [5, 5.41) is 14.8. The smallest absolute Gasteiger partial charge is 0.0900 e. The molecule has 2 nitrogen and oxygen atoms in total. The lowest BCUT2D eigenvalue weighted by Crippen LogP contribution is -2.54. The SMILES string of the molecule is CCC1CCNC(C2(O)CSC(C)C2)C1. The molecule has 4 atom stereocenters. The maximum absolute atomic E-state index is 10.6. The van der Waals surface area contributed by atoms with Gasteiger partial charge < -0.3 is 10.4 Å². The third-order valence-corrected chi connectivity index (χ3v) is 5.40. The predicted octanol–water partition coefficient (Wildman–Crippen LogP) is 2.02. The second kappa shape index (κ2) is 4.64. The molecule has 0 radical (unpaired) electrons. The van der Waals surface area contributed by atoms with E-state index < -0.39 is 5.60 Å². The number of nitrogens with one attached hydrogen (secondary N) is 1. The van der Waals surface area contributed by atoms with Crippen molar-refractivity contribution in [3.05, 3.63) is 0 Å². The summed E-state index contributed by atoms with van der Waals surface area (Å²) in [5.41, 5.74) is -0.433. The van der Waals surface area contributed by atoms with Crippen molar-refractivity contribution in [1.82, 2.24) is 5.32 Å². The van der Waals surface area contributed by atoms with Crippen molar-refractivity contribution < 1.29 is 5.11 Å². The molecule has 0 saturated carbocycles. The van der Waals surface area contributed by atoms with Crippen LogP contribution in [0.4, 0.5) is 0 Å². The molecule has 0 aliphatic carbocycles. The third kappa shape index (κ3) is 2.51. The van der Waals surface area contributed by atoms with E-state index in [1.165, 1.54) is 19.3 Å². The van der Waals surface area contributed by atoms with Gasteiger partial charge in [0.1, 0.15) is 0 Å². The van der Waals surface area contributed by atoms with Gasteiger partial charge in [0.05, 0.1) is 5.60 Å². The minimum absolute atomic E-state index is 0.341. The van der Waals surface area contributed by atoms with Crippen LogP contribution in [-0.4, -0.2) is 34.3 Å². The lowest BCUT2D eigenvalue weighted by molar-refractivity contribution is 0.00496. The molecule has 2 heterocycles. The Balaban J connectivity index is 1.97. The van der Waals surface area contributed by atoms with Gasteiger partial charge in [0.2, 0.25) is 0 Å². The predicted molar refractivity (Wildman–Crippen MR) is 66.3 cm³/mol. The van der Waals surface area contributed by atoms with E-state index in [1.54, 1.807) is 0 Å². The summed E-state index contributed by atoms with van der Waals surface area (Å²) in [5.74, 6) is 1.74. The van der Waals surface area contributed by atoms with Gasteiger partial charge in [0.25, 0.3) is 0 Å². The summed E-state index contributed by atoms with van der Waals surface area (Å²) in [6.45, 7) is 5.58. The van der Waals surface area contributed by atoms with Crippen molar-refractivity contribution in [3.8, 4) is 0 Å². The highest BCUT2D eigenvalue weighted by Gasteiger charge is 2.44. The van der Waals surface area contributed by atoms with E-state index in [1.807, 2.05) is 11.8 Å². The van der Waals surface area contributed by atoms with Crippen molar-refractivity contribution in [2.75, 3.05) is 12.3 Å². The van der Waals surface area contributed by atoms with Crippen molar-refractivity contribution in [2.24, 2.45) is 5.92 Å². The van der Waals surface area contributed by atoms with E-state index in [0.29, 0.717) is 11.3 Å². The van der Waals surface area contributed by atoms with Crippen LogP contribution in [0.2, 0.25) is 0 Å². The van der Waals surface area contributed by atoms with Gasteiger partial charge in [-0.05, 0) is 31.7 Å². The normalized spacial score (nSPS) is 47.0. The first-order valence-corrected chi connectivity index (χ1v) is 7.26. The zero-order valence-corrected chi connectivity index (χ0v) is 10.6. The van der Waals surface area contributed by atoms with Crippen molar-refractivity contribution in [3.63, 3.8) is 0 Å². The first-order chi connectivity index (χ1) is 7.14. The Morgan fingerprint density at radius 3 is 2.93 bits per heavy atom. The molecular formula is C12H23NOS. The average molecular weight is 229 g/mol. The van der Waals surface area contributed by atoms with Crippen LogP contribution in [-0.2, 0) is 0 Å². The molecule has 2 fully saturated rings. The highest BCUT2D eigenvalue weighted by molar-refractivity contribution is 8.00. The number of thioether (sulfide) groups is 1. The molecule has 0 spiro atoms. The maximum atomic E-state index is 10.6. The van der Waals surface area contributed by atoms with Crippen LogP contribution < -0.4 is 5.32 Å². The van der Waals surface area contributed by atoms with Gasteiger partial charge in [-0.25, -0.2) is 0 Å². The first-order valence-electron chi connectivity index (χ1n) is 6.21. The highest BCUT2D eigenvalue weighted by Crippen LogP contribution is 2.39. The van der Waals surface area contributed by atoms with E-state index >= 15 is 0 Å². The van der Waals surface area contributed by atoms with E-state index in [2.05, 4.69) is 19.2 Å². The van der Waals surface area contributed by atoms with E-state index in [-0.39, 0.29) is 0 Å². The fourth-order valence-corrected chi connectivity index (χ4v) is 4.22. The number of piperidine rings is 1. The molecule has 2 aliphatic rings. The zero-order chi connectivity index (χ0) is 10.9. The summed E-state index contributed by atoms with van der Waals surface area (Å²) in [4.78, 5) is 0. The molecule has 15 heavy (non-hydrogen) atoms. The van der Waals surface area contributed by atoms with Crippen LogP contribution in [0, 0.1) is 5.92 Å². The molecule has 0 aromatic rings. The van der Waals surface area contributed by atoms with Crippen LogP contribution in [0.1, 0.15) is 39.5 Å². The Labute approximate surface area is 97.2 Å². The minimum atomic E-state index is -0.433. The molecule has 0 aromatic heterocycles. The lowest BCUT2D eigenvalue weighted by Gasteiger charge is -2.39. The summed E-state index contributed by atoms with van der Waals surface area (Å²) in [7, 11) is 0. The molecule has 2 saturated heterocycles. The number of hydrogen-bond donors (Lipinski definition) is 2. The Morgan fingerprint density at radius 2 is 2.33 bits per heavy atom. The number of aliphatic hydroxyl groups is 1. The van der Waals surface area contributed by atoms with E-state index in [9.17, 15) is 5.11 Å². The van der Waals surface area contributed by atoms with Gasteiger partial charge in [-0.15, -0.1) is 0 Å². The van der Waals surface area contributed by atoms with Crippen molar-refractivity contribution in [2.45, 2.75) is 56.4 Å². The zero-order valence-electron chi connectivity index (χ0n) is 9.83. The fraction of sp³-hybridized carbons (Fsp3) is 1.00. The lowest BCUT2D eigenvalue weighted by atomic mass is 9.80. The second-order valence-electron chi connectivity index (χ2n) is 5.23. The van der Waals surface area contributed by atoms with Gasteiger partial charge in [0, 0.05) is 17.0 Å². The summed E-state index contributed by atoms with van der Waals surface area (Å²) < 4.78 is 0. The van der Waals surface area contributed by atoms with Gasteiger partial charge in [0.15, 0.2) is 0 Å². The quantitative estimate of drug-likeness (QED) is 0.760. The molecule has 0 aromatic carbocycles. The Bertz CT molecular complexity index is 224. The second-order valence-corrected chi connectivity index (χ2v) is 6.66. The van der Waals surface area contributed by atoms with Crippen molar-refractivity contribution >= 4 is 11.8 Å². The fourth-order valence-electron chi connectivity index (χ4n) is 2.92. The summed E-state index contributed by atoms with van der Waals surface area (Å²) in [6, 6.07) is 0.341. The van der Waals surface area contributed by atoms with Crippen LogP contribution in [0.15, 0.2) is 0 Å². The van der Waals surface area contributed by atoms with E-state index in [4.69, 9.17) is 0 Å².